The molecule has 4 N–H and O–H groups in total. The largest absolute Gasteiger partial charge is 0.405 e. The number of nitrogens with two attached hydrogens (primary N) is 2. The molecule has 2 nitrogen and oxygen atoms in total. The Hall–Kier alpha value is -5.86. The van der Waals surface area contributed by atoms with Crippen LogP contribution in [-0.4, -0.2) is 0 Å². The highest BCUT2D eigenvalue weighted by atomic mass is 14.6. The average molecular weight is 591 g/mol. The van der Waals surface area contributed by atoms with Crippen molar-refractivity contribution >= 4 is 66.5 Å². The summed E-state index contributed by atoms with van der Waals surface area (Å²) in [6, 6.07) is 41.7. The summed E-state index contributed by atoms with van der Waals surface area (Å²) in [6.45, 7) is 2.06. The van der Waals surface area contributed by atoms with Crippen molar-refractivity contribution in [2.75, 3.05) is 5.73 Å². The summed E-state index contributed by atoms with van der Waals surface area (Å²) in [4.78, 5) is 0. The van der Waals surface area contributed by atoms with Gasteiger partial charge in [-0.3, -0.25) is 0 Å². The first-order valence-corrected chi connectivity index (χ1v) is 15.9. The standard InChI is InChI=1S/C44H34N2/c1-2-12-38-43(42-25-30-14-4-6-17-33(30)35-19-8-10-21-37(35)42)26-31-23-28(15-11-22-45)39(27-40(31)44(38)46)41-24-29-13-3-5-16-32(29)34-18-7-9-20-36(34)41/h2-22,24-27H,23,45-46H2,1H3/b12-2-,22-11-,28-15+. The Kier molecular flexibility index (Phi) is 6.77. The van der Waals surface area contributed by atoms with E-state index in [0.29, 0.717) is 0 Å². The maximum absolute atomic E-state index is 7.22. The van der Waals surface area contributed by atoms with Gasteiger partial charge in [-0.1, -0.05) is 115 Å². The summed E-state index contributed by atoms with van der Waals surface area (Å²) in [5.74, 6) is 0. The molecule has 8 rings (SSSR count). The molecule has 46 heavy (non-hydrogen) atoms. The second-order valence-corrected chi connectivity index (χ2v) is 12.0. The average Bonchev–Trinajstić information content (AvgIpc) is 3.11. The Labute approximate surface area is 269 Å². The normalized spacial score (nSPS) is 14.3. The van der Waals surface area contributed by atoms with Gasteiger partial charge in [-0.05, 0) is 126 Å². The van der Waals surface area contributed by atoms with E-state index in [9.17, 15) is 0 Å². The first-order chi connectivity index (χ1) is 22.7. The van der Waals surface area contributed by atoms with E-state index < -0.39 is 0 Å². The molecular weight excluding hydrogens is 556 g/mol. The number of fused-ring (bicyclic) bond motifs is 7. The van der Waals surface area contributed by atoms with Crippen molar-refractivity contribution < 1.29 is 0 Å². The SMILES string of the molecule is C/C=C\c1c(-c2cc3ccccc3c3ccccc23)cc2c(c1N)C=C(c1cc3ccccc3c3ccccc13)/C(=C/C=C\N)C2. The summed E-state index contributed by atoms with van der Waals surface area (Å²) in [7, 11) is 0. The van der Waals surface area contributed by atoms with Gasteiger partial charge in [0.25, 0.3) is 0 Å². The van der Waals surface area contributed by atoms with Crippen LogP contribution in [0.5, 0.6) is 0 Å². The predicted octanol–water partition coefficient (Wildman–Crippen LogP) is 11.1. The summed E-state index contributed by atoms with van der Waals surface area (Å²) in [5, 5.41) is 9.90. The van der Waals surface area contributed by atoms with Gasteiger partial charge in [-0.2, -0.15) is 0 Å². The highest BCUT2D eigenvalue weighted by molar-refractivity contribution is 6.17. The first-order valence-electron chi connectivity index (χ1n) is 15.9. The molecule has 0 saturated heterocycles. The summed E-state index contributed by atoms with van der Waals surface area (Å²) in [6.07, 6.45) is 13.0. The number of nitrogen functional groups attached to an aromatic ring is 1. The Morgan fingerprint density at radius 1 is 0.609 bits per heavy atom. The number of hydrogen-bond donors (Lipinski definition) is 2. The Morgan fingerprint density at radius 3 is 1.76 bits per heavy atom. The maximum atomic E-state index is 7.22. The first kappa shape index (κ1) is 27.7. The second kappa shape index (κ2) is 11.3. The summed E-state index contributed by atoms with van der Waals surface area (Å²) < 4.78 is 0. The number of benzene rings is 7. The zero-order valence-corrected chi connectivity index (χ0v) is 25.8. The van der Waals surface area contributed by atoms with Crippen molar-refractivity contribution in [2.45, 2.75) is 13.3 Å². The fourth-order valence-corrected chi connectivity index (χ4v) is 7.34. The molecule has 0 radical (unpaired) electrons. The van der Waals surface area contributed by atoms with Gasteiger partial charge < -0.3 is 11.5 Å². The van der Waals surface area contributed by atoms with Crippen LogP contribution in [0.3, 0.4) is 0 Å². The minimum atomic E-state index is 0.742. The van der Waals surface area contributed by atoms with E-state index in [4.69, 9.17) is 11.5 Å². The lowest BCUT2D eigenvalue weighted by atomic mass is 9.79. The van der Waals surface area contributed by atoms with E-state index in [0.717, 1.165) is 28.8 Å². The highest BCUT2D eigenvalue weighted by Crippen LogP contribution is 2.46. The lowest BCUT2D eigenvalue weighted by molar-refractivity contribution is 1.18. The third-order valence-corrected chi connectivity index (χ3v) is 9.41. The van der Waals surface area contributed by atoms with Gasteiger partial charge in [0.2, 0.25) is 0 Å². The van der Waals surface area contributed by atoms with Gasteiger partial charge in [0, 0.05) is 16.8 Å². The minimum absolute atomic E-state index is 0.742. The molecule has 0 unspecified atom stereocenters. The van der Waals surface area contributed by atoms with Crippen LogP contribution in [0.1, 0.15) is 29.2 Å². The van der Waals surface area contributed by atoms with E-state index >= 15 is 0 Å². The van der Waals surface area contributed by atoms with Gasteiger partial charge in [0.15, 0.2) is 0 Å². The fourth-order valence-electron chi connectivity index (χ4n) is 7.34. The predicted molar refractivity (Wildman–Crippen MR) is 200 cm³/mol. The molecule has 0 atom stereocenters. The van der Waals surface area contributed by atoms with Gasteiger partial charge in [-0.25, -0.2) is 0 Å². The Bertz CT molecular complexity index is 2470. The quantitative estimate of drug-likeness (QED) is 0.158. The molecule has 0 aromatic heterocycles. The van der Waals surface area contributed by atoms with Crippen molar-refractivity contribution in [1.29, 1.82) is 0 Å². The molecule has 1 aliphatic carbocycles. The van der Waals surface area contributed by atoms with Crippen LogP contribution in [-0.2, 0) is 6.42 Å². The van der Waals surface area contributed by atoms with Gasteiger partial charge in [0.05, 0.1) is 0 Å². The monoisotopic (exact) mass is 590 g/mol. The van der Waals surface area contributed by atoms with Crippen LogP contribution in [0.15, 0.2) is 145 Å². The van der Waals surface area contributed by atoms with Gasteiger partial charge in [0.1, 0.15) is 0 Å². The van der Waals surface area contributed by atoms with E-state index in [1.807, 2.05) is 6.08 Å². The number of allylic oxidation sites excluding steroid dienone is 5. The van der Waals surface area contributed by atoms with Crippen LogP contribution in [0.25, 0.3) is 71.9 Å². The van der Waals surface area contributed by atoms with Crippen LogP contribution < -0.4 is 11.5 Å². The molecule has 0 aliphatic heterocycles. The van der Waals surface area contributed by atoms with Crippen LogP contribution in [0, 0.1) is 0 Å². The fraction of sp³-hybridized carbons (Fsp3) is 0.0455. The molecule has 0 bridgehead atoms. The number of rotatable bonds is 4. The van der Waals surface area contributed by atoms with E-state index in [1.165, 1.54) is 70.9 Å². The third kappa shape index (κ3) is 4.42. The summed E-state index contributed by atoms with van der Waals surface area (Å²) >= 11 is 0. The minimum Gasteiger partial charge on any atom is -0.405 e. The molecule has 2 heteroatoms. The highest BCUT2D eigenvalue weighted by Gasteiger charge is 2.24. The van der Waals surface area contributed by atoms with Crippen molar-refractivity contribution in [3.8, 4) is 11.1 Å². The Morgan fingerprint density at radius 2 is 1.15 bits per heavy atom. The lowest BCUT2D eigenvalue weighted by Crippen LogP contribution is -2.09. The molecule has 1 aliphatic rings. The molecule has 0 saturated carbocycles. The van der Waals surface area contributed by atoms with Crippen LogP contribution >= 0.6 is 0 Å². The zero-order chi connectivity index (χ0) is 31.2. The molecule has 0 heterocycles. The second-order valence-electron chi connectivity index (χ2n) is 12.0. The van der Waals surface area contributed by atoms with Crippen molar-refractivity contribution in [1.82, 2.24) is 0 Å². The van der Waals surface area contributed by atoms with E-state index in [1.54, 1.807) is 6.20 Å². The smallest absolute Gasteiger partial charge is 0.0470 e. The zero-order valence-electron chi connectivity index (χ0n) is 25.8. The molecular formula is C44H34N2. The lowest BCUT2D eigenvalue weighted by Gasteiger charge is -2.26. The van der Waals surface area contributed by atoms with Crippen LogP contribution in [0.4, 0.5) is 5.69 Å². The molecule has 220 valence electrons. The van der Waals surface area contributed by atoms with Crippen molar-refractivity contribution in [3.63, 3.8) is 0 Å². The van der Waals surface area contributed by atoms with Gasteiger partial charge >= 0.3 is 0 Å². The third-order valence-electron chi connectivity index (χ3n) is 9.41. The number of anilines is 1. The maximum Gasteiger partial charge on any atom is 0.0470 e. The Balaban J connectivity index is 1.43. The molecule has 0 amide bonds. The van der Waals surface area contributed by atoms with Crippen LogP contribution in [0.2, 0.25) is 0 Å². The van der Waals surface area contributed by atoms with Crippen molar-refractivity contribution in [2.24, 2.45) is 5.73 Å². The number of hydrogen-bond acceptors (Lipinski definition) is 2. The van der Waals surface area contributed by atoms with Gasteiger partial charge in [-0.15, -0.1) is 0 Å². The molecule has 0 spiro atoms. The molecule has 7 aromatic rings. The van der Waals surface area contributed by atoms with E-state index in [2.05, 4.69) is 146 Å². The summed E-state index contributed by atoms with van der Waals surface area (Å²) in [5.41, 5.74) is 23.2. The topological polar surface area (TPSA) is 52.0 Å². The van der Waals surface area contributed by atoms with Crippen molar-refractivity contribution in [3.05, 3.63) is 168 Å². The molecule has 7 aromatic carbocycles. The molecule has 0 fully saturated rings. The van der Waals surface area contributed by atoms with E-state index in [-0.39, 0.29) is 0 Å².